The molecule has 244 valence electrons. The summed E-state index contributed by atoms with van der Waals surface area (Å²) in [6, 6.07) is 7.32. The number of phenols is 1. The fourth-order valence-electron chi connectivity index (χ4n) is 7.10. The van der Waals surface area contributed by atoms with Gasteiger partial charge in [0, 0.05) is 23.6 Å². The zero-order chi connectivity index (χ0) is 33.7. The Morgan fingerprint density at radius 2 is 1.83 bits per heavy atom. The summed E-state index contributed by atoms with van der Waals surface area (Å²) in [5.41, 5.74) is 3.93. The van der Waals surface area contributed by atoms with Crippen LogP contribution in [0.4, 0.5) is 0 Å². The van der Waals surface area contributed by atoms with Gasteiger partial charge in [-0.3, -0.25) is 24.1 Å². The van der Waals surface area contributed by atoms with Crippen molar-refractivity contribution in [2.45, 2.75) is 38.0 Å². The molecule has 0 heterocycles. The number of carbonyl (C=O) groups excluding carboxylic acids is 4. The number of benzene rings is 2. The van der Waals surface area contributed by atoms with Crippen molar-refractivity contribution in [3.8, 4) is 22.6 Å². The number of likely N-dealkylation sites (N-methyl/N-ethyl adjacent to an activating group) is 1. The Kier molecular flexibility index (Phi) is 8.69. The van der Waals surface area contributed by atoms with Gasteiger partial charge in [-0.25, -0.2) is 0 Å². The number of rotatable bonds is 9. The first-order chi connectivity index (χ1) is 21.8. The van der Waals surface area contributed by atoms with E-state index >= 15 is 0 Å². The van der Waals surface area contributed by atoms with Crippen molar-refractivity contribution in [2.75, 3.05) is 34.4 Å². The molecule has 2 aromatic carbocycles. The highest BCUT2D eigenvalue weighted by Crippen LogP contribution is 2.53. The van der Waals surface area contributed by atoms with Crippen LogP contribution in [-0.4, -0.2) is 94.8 Å². The number of primary amides is 1. The van der Waals surface area contributed by atoms with Crippen LogP contribution in [0.3, 0.4) is 0 Å². The van der Waals surface area contributed by atoms with Crippen molar-refractivity contribution in [1.82, 2.24) is 10.2 Å². The highest BCUT2D eigenvalue weighted by Gasteiger charge is 2.63. The van der Waals surface area contributed by atoms with Crippen molar-refractivity contribution in [3.05, 3.63) is 69.7 Å². The minimum absolute atomic E-state index is 0.00817. The Balaban J connectivity index is 1.61. The second-order valence-corrected chi connectivity index (χ2v) is 11.9. The lowest BCUT2D eigenvalue weighted by Crippen LogP contribution is -2.63. The van der Waals surface area contributed by atoms with Crippen LogP contribution in [0.1, 0.15) is 34.8 Å². The molecule has 0 aliphatic heterocycles. The first-order valence-electron chi connectivity index (χ1n) is 14.8. The number of methoxy groups -OCH3 is 1. The van der Waals surface area contributed by atoms with E-state index in [2.05, 4.69) is 5.32 Å². The summed E-state index contributed by atoms with van der Waals surface area (Å²) in [5.74, 6) is -7.05. The summed E-state index contributed by atoms with van der Waals surface area (Å²) in [5, 5.41) is 48.3. The van der Waals surface area contributed by atoms with Gasteiger partial charge in [0.2, 0.25) is 5.78 Å². The number of esters is 1. The average Bonchev–Trinajstić information content (AvgIpc) is 2.99. The maximum absolute atomic E-state index is 14.1. The molecular weight excluding hydrogens is 598 g/mol. The third-order valence-electron chi connectivity index (χ3n) is 9.06. The molecule has 0 saturated heterocycles. The van der Waals surface area contributed by atoms with E-state index in [-0.39, 0.29) is 48.8 Å². The van der Waals surface area contributed by atoms with Gasteiger partial charge >= 0.3 is 5.97 Å². The number of nitrogens with two attached hydrogens (primary N) is 1. The van der Waals surface area contributed by atoms with Gasteiger partial charge < -0.3 is 41.0 Å². The molecule has 13 nitrogen and oxygen atoms in total. The van der Waals surface area contributed by atoms with E-state index in [0.29, 0.717) is 29.0 Å². The minimum Gasteiger partial charge on any atom is -0.510 e. The van der Waals surface area contributed by atoms with Crippen LogP contribution >= 0.6 is 0 Å². The maximum Gasteiger partial charge on any atom is 0.319 e. The van der Waals surface area contributed by atoms with Crippen LogP contribution in [0, 0.1) is 11.8 Å². The summed E-state index contributed by atoms with van der Waals surface area (Å²) in [7, 11) is 4.65. The van der Waals surface area contributed by atoms with Gasteiger partial charge in [0.25, 0.3) is 5.91 Å². The minimum atomic E-state index is -2.72. The number of ketones is 2. The van der Waals surface area contributed by atoms with Crippen molar-refractivity contribution >= 4 is 23.4 Å². The third-order valence-corrected chi connectivity index (χ3v) is 9.06. The summed E-state index contributed by atoms with van der Waals surface area (Å²) >= 11 is 0. The third kappa shape index (κ3) is 5.10. The molecule has 13 heteroatoms. The fraction of sp³-hybridized carbons (Fsp3) is 0.394. The smallest absolute Gasteiger partial charge is 0.319 e. The van der Waals surface area contributed by atoms with E-state index in [1.54, 1.807) is 33.2 Å². The first-order valence-corrected chi connectivity index (χ1v) is 14.8. The Morgan fingerprint density at radius 1 is 1.11 bits per heavy atom. The lowest BCUT2D eigenvalue weighted by molar-refractivity contribution is -0.148. The molecule has 4 atom stereocenters. The van der Waals surface area contributed by atoms with Gasteiger partial charge in [0.15, 0.2) is 11.4 Å². The highest BCUT2D eigenvalue weighted by molar-refractivity contribution is 6.25. The number of aliphatic hydroxyl groups excluding tert-OH is 2. The monoisotopic (exact) mass is 635 g/mol. The molecule has 3 aliphatic rings. The van der Waals surface area contributed by atoms with E-state index in [1.165, 1.54) is 18.1 Å². The number of hydrogen-bond acceptors (Lipinski definition) is 12. The van der Waals surface area contributed by atoms with Gasteiger partial charge in [0.1, 0.15) is 28.6 Å². The van der Waals surface area contributed by atoms with Gasteiger partial charge in [0.05, 0.1) is 31.9 Å². The lowest BCUT2D eigenvalue weighted by Gasteiger charge is -2.50. The molecule has 3 aliphatic carbocycles. The summed E-state index contributed by atoms with van der Waals surface area (Å²) < 4.78 is 10.6. The molecule has 0 bridgehead atoms. The lowest BCUT2D eigenvalue weighted by atomic mass is 9.58. The molecule has 0 fully saturated rings. The van der Waals surface area contributed by atoms with E-state index < -0.39 is 58.0 Å². The number of nitrogens with zero attached hydrogens (tertiary/aromatic N) is 1. The number of nitrogens with one attached hydrogen (secondary N) is 1. The zero-order valence-corrected chi connectivity index (χ0v) is 25.9. The van der Waals surface area contributed by atoms with Crippen LogP contribution in [0.5, 0.6) is 11.5 Å². The molecule has 46 heavy (non-hydrogen) atoms. The number of aliphatic hydroxyl groups is 3. The zero-order valence-electron chi connectivity index (χ0n) is 25.9. The number of carbonyl (C=O) groups is 4. The topological polar surface area (TPSA) is 209 Å². The Hall–Kier alpha value is -4.72. The molecule has 0 unspecified atom stereocenters. The predicted molar refractivity (Wildman–Crippen MR) is 164 cm³/mol. The van der Waals surface area contributed by atoms with Crippen LogP contribution in [0.2, 0.25) is 0 Å². The van der Waals surface area contributed by atoms with Gasteiger partial charge in [-0.1, -0.05) is 12.1 Å². The molecule has 7 N–H and O–H groups in total. The Labute approximate surface area is 264 Å². The molecule has 0 spiro atoms. The quantitative estimate of drug-likeness (QED) is 0.171. The van der Waals surface area contributed by atoms with Crippen LogP contribution in [0.25, 0.3) is 11.1 Å². The number of Topliss-reactive ketones (excluding diaryl/α,β-unsaturated/α-hetero) is 2. The molecule has 5 rings (SSSR count). The molecule has 0 aromatic heterocycles. The molecule has 2 aromatic rings. The van der Waals surface area contributed by atoms with Gasteiger partial charge in [-0.15, -0.1) is 0 Å². The average molecular weight is 636 g/mol. The molecule has 1 amide bonds. The summed E-state index contributed by atoms with van der Waals surface area (Å²) in [4.78, 5) is 53.1. The Bertz CT molecular complexity index is 1710. The van der Waals surface area contributed by atoms with E-state index in [4.69, 9.17) is 15.2 Å². The van der Waals surface area contributed by atoms with E-state index in [9.17, 15) is 39.6 Å². The highest BCUT2D eigenvalue weighted by atomic mass is 16.5. The standard InChI is InChI=1S/C33H37N3O10/c1-5-46-23(38)14-35-13-15-6-9-22(45-4)18(10-15)17-7-8-21(37)25-19(17)11-16-12-20-27(36(2)3)29(40)26(32(34)43)31(42)33(20,44)30(41)24(16)28(25)39/h6-10,16,20,27,35,37,40-41,44H,5,11-14H2,1-4H3,(H2,34,43)/t16-,20+,27+,33-/m0/s1. The van der Waals surface area contributed by atoms with Crippen LogP contribution in [-0.2, 0) is 32.1 Å². The number of hydrogen-bond donors (Lipinski definition) is 6. The van der Waals surface area contributed by atoms with Crippen molar-refractivity contribution in [3.63, 3.8) is 0 Å². The van der Waals surface area contributed by atoms with Gasteiger partial charge in [-0.2, -0.15) is 0 Å². The molecular formula is C33H37N3O10. The van der Waals surface area contributed by atoms with Gasteiger partial charge in [-0.05, 0) is 74.7 Å². The van der Waals surface area contributed by atoms with Crippen LogP contribution < -0.4 is 15.8 Å². The van der Waals surface area contributed by atoms with Crippen LogP contribution in [0.15, 0.2) is 53.0 Å². The normalized spacial score (nSPS) is 24.0. The number of phenolic OH excluding ortho intramolecular Hbond substituents is 1. The number of allylic oxidation sites excluding steroid dienone is 1. The Morgan fingerprint density at radius 3 is 2.46 bits per heavy atom. The first kappa shape index (κ1) is 32.7. The SMILES string of the molecule is CCOC(=O)CNCc1ccc(OC)c(-c2ccc(O)c3c2C[C@H]2C[C@@H]4[C@@H](N(C)C)C(O)=C(C(N)=O)C(=O)[C@@]4(O)C(O)=C2C3=O)c1. The number of fused-ring (bicyclic) bond motifs is 3. The van der Waals surface area contributed by atoms with Crippen molar-refractivity contribution in [1.29, 1.82) is 0 Å². The number of aromatic hydroxyl groups is 1. The van der Waals surface area contributed by atoms with E-state index in [1.807, 2.05) is 12.1 Å². The molecule has 0 radical (unpaired) electrons. The second-order valence-electron chi connectivity index (χ2n) is 11.9. The summed E-state index contributed by atoms with van der Waals surface area (Å²) in [6.45, 7) is 2.32. The predicted octanol–water partition coefficient (Wildman–Crippen LogP) is 1.45. The van der Waals surface area contributed by atoms with Crippen molar-refractivity contribution in [2.24, 2.45) is 17.6 Å². The fourth-order valence-corrected chi connectivity index (χ4v) is 7.10. The number of ether oxygens (including phenoxy) is 2. The van der Waals surface area contributed by atoms with E-state index in [0.717, 1.165) is 5.56 Å². The second kappa shape index (κ2) is 12.2. The largest absolute Gasteiger partial charge is 0.510 e. The number of amides is 1. The maximum atomic E-state index is 14.1. The summed E-state index contributed by atoms with van der Waals surface area (Å²) in [6.07, 6.45) is 0.0859. The van der Waals surface area contributed by atoms with Crippen molar-refractivity contribution < 1.29 is 49.1 Å². The molecule has 0 saturated carbocycles.